The highest BCUT2D eigenvalue weighted by Crippen LogP contribution is 2.40. The van der Waals surface area contributed by atoms with Gasteiger partial charge in [-0.05, 0) is 61.6 Å². The number of piperidine rings is 1. The molecule has 0 spiro atoms. The number of carbonyl (C=O) groups excluding carboxylic acids is 1. The minimum absolute atomic E-state index is 0.0299. The van der Waals surface area contributed by atoms with Crippen LogP contribution in [-0.2, 0) is 15.8 Å². The number of halogens is 3. The lowest BCUT2D eigenvalue weighted by molar-refractivity contribution is -0.159. The average Bonchev–Trinajstić information content (AvgIpc) is 3.00. The van der Waals surface area contributed by atoms with E-state index in [4.69, 9.17) is 29.3 Å². The summed E-state index contributed by atoms with van der Waals surface area (Å²) < 4.78 is 52.7. The molecule has 1 aliphatic heterocycles. The number of carbonyl (C=O) groups is 3. The SMILES string of the molecule is COc1cc(C(C)=O)ccc1OCCCN1CCC(=Cc2cccc(C(F)(F)F)c2-c2ccccc2)CC1.O=C(O)C(=O)O. The van der Waals surface area contributed by atoms with Crippen molar-refractivity contribution >= 4 is 23.8 Å². The molecule has 11 heteroatoms. The summed E-state index contributed by atoms with van der Waals surface area (Å²) >= 11 is 0. The maximum absolute atomic E-state index is 13.8. The first-order chi connectivity index (χ1) is 20.9. The third-order valence-corrected chi connectivity index (χ3v) is 6.95. The van der Waals surface area contributed by atoms with E-state index in [1.807, 2.05) is 6.08 Å². The van der Waals surface area contributed by atoms with Gasteiger partial charge in [0.05, 0.1) is 19.3 Å². The summed E-state index contributed by atoms with van der Waals surface area (Å²) in [5.41, 5.74) is 2.53. The molecule has 0 atom stereocenters. The van der Waals surface area contributed by atoms with Gasteiger partial charge in [0.1, 0.15) is 0 Å². The molecule has 44 heavy (non-hydrogen) atoms. The number of likely N-dealkylation sites (tertiary alicyclic amines) is 1. The number of alkyl halides is 3. The second kappa shape index (κ2) is 15.7. The zero-order valence-electron chi connectivity index (χ0n) is 24.4. The van der Waals surface area contributed by atoms with E-state index in [-0.39, 0.29) is 11.3 Å². The van der Waals surface area contributed by atoms with Crippen LogP contribution in [-0.4, -0.2) is 66.2 Å². The summed E-state index contributed by atoms with van der Waals surface area (Å²) in [6.07, 6.45) is -0.0423. The van der Waals surface area contributed by atoms with E-state index in [1.54, 1.807) is 61.7 Å². The number of methoxy groups -OCH3 is 1. The average molecular weight is 614 g/mol. The van der Waals surface area contributed by atoms with Crippen LogP contribution in [0, 0.1) is 0 Å². The Balaban J connectivity index is 0.000000801. The van der Waals surface area contributed by atoms with Gasteiger partial charge in [0.15, 0.2) is 17.3 Å². The zero-order valence-corrected chi connectivity index (χ0v) is 24.4. The largest absolute Gasteiger partial charge is 0.493 e. The first-order valence-corrected chi connectivity index (χ1v) is 13.9. The third-order valence-electron chi connectivity index (χ3n) is 6.95. The quantitative estimate of drug-likeness (QED) is 0.156. The van der Waals surface area contributed by atoms with Gasteiger partial charge in [-0.15, -0.1) is 0 Å². The van der Waals surface area contributed by atoms with Crippen LogP contribution in [0.1, 0.15) is 47.7 Å². The summed E-state index contributed by atoms with van der Waals surface area (Å²) in [6.45, 7) is 4.58. The van der Waals surface area contributed by atoms with Crippen molar-refractivity contribution < 1.29 is 47.2 Å². The number of ketones is 1. The monoisotopic (exact) mass is 613 g/mol. The predicted molar refractivity (Wildman–Crippen MR) is 159 cm³/mol. The van der Waals surface area contributed by atoms with Crippen LogP contribution in [0.4, 0.5) is 13.2 Å². The maximum atomic E-state index is 13.8. The van der Waals surface area contributed by atoms with Crippen molar-refractivity contribution in [3.05, 3.63) is 89.0 Å². The fourth-order valence-corrected chi connectivity index (χ4v) is 4.76. The molecule has 4 rings (SSSR count). The number of rotatable bonds is 9. The fourth-order valence-electron chi connectivity index (χ4n) is 4.76. The summed E-state index contributed by atoms with van der Waals surface area (Å²) in [5, 5.41) is 14.8. The molecule has 0 amide bonds. The third kappa shape index (κ3) is 9.70. The highest BCUT2D eigenvalue weighted by molar-refractivity contribution is 6.27. The van der Waals surface area contributed by atoms with Crippen molar-refractivity contribution in [1.82, 2.24) is 4.90 Å². The number of hydrogen-bond donors (Lipinski definition) is 2. The van der Waals surface area contributed by atoms with Crippen LogP contribution in [0.3, 0.4) is 0 Å². The van der Waals surface area contributed by atoms with E-state index >= 15 is 0 Å². The number of carboxylic acid groups (broad SMARTS) is 2. The fraction of sp³-hybridized carbons (Fsp3) is 0.303. The van der Waals surface area contributed by atoms with Crippen molar-refractivity contribution in [2.75, 3.05) is 33.4 Å². The molecule has 0 radical (unpaired) electrons. The van der Waals surface area contributed by atoms with Gasteiger partial charge in [0.2, 0.25) is 0 Å². The van der Waals surface area contributed by atoms with Crippen LogP contribution in [0.5, 0.6) is 11.5 Å². The Labute approximate surface area is 253 Å². The van der Waals surface area contributed by atoms with Crippen LogP contribution in [0.15, 0.2) is 72.3 Å². The van der Waals surface area contributed by atoms with Gasteiger partial charge >= 0.3 is 18.1 Å². The van der Waals surface area contributed by atoms with Crippen molar-refractivity contribution in [2.45, 2.75) is 32.4 Å². The molecule has 1 saturated heterocycles. The summed E-state index contributed by atoms with van der Waals surface area (Å²) in [4.78, 5) is 32.1. The van der Waals surface area contributed by atoms with E-state index in [1.165, 1.54) is 13.0 Å². The predicted octanol–water partition coefficient (Wildman–Crippen LogP) is 6.69. The molecule has 1 aliphatic rings. The lowest BCUT2D eigenvalue weighted by atomic mass is 9.91. The maximum Gasteiger partial charge on any atom is 0.417 e. The lowest BCUT2D eigenvalue weighted by Crippen LogP contribution is -2.32. The van der Waals surface area contributed by atoms with Gasteiger partial charge in [-0.1, -0.05) is 54.1 Å². The second-order valence-electron chi connectivity index (χ2n) is 10.0. The van der Waals surface area contributed by atoms with Crippen molar-refractivity contribution in [2.24, 2.45) is 0 Å². The Bertz CT molecular complexity index is 1460. The van der Waals surface area contributed by atoms with Crippen LogP contribution >= 0.6 is 0 Å². The Morgan fingerprint density at radius 2 is 1.57 bits per heavy atom. The molecule has 8 nitrogen and oxygen atoms in total. The zero-order chi connectivity index (χ0) is 32.3. The molecule has 2 N–H and O–H groups in total. The van der Waals surface area contributed by atoms with Crippen molar-refractivity contribution in [3.8, 4) is 22.6 Å². The summed E-state index contributed by atoms with van der Waals surface area (Å²) in [5.74, 6) is -2.53. The molecule has 0 unspecified atom stereocenters. The normalized spacial score (nSPS) is 13.3. The Kier molecular flexibility index (Phi) is 12.1. The molecule has 1 fully saturated rings. The number of benzene rings is 3. The molecular formula is C33H34F3NO7. The first kappa shape index (κ1) is 33.9. The van der Waals surface area contributed by atoms with E-state index in [0.717, 1.165) is 50.5 Å². The Hall–Kier alpha value is -4.64. The summed E-state index contributed by atoms with van der Waals surface area (Å²) in [7, 11) is 1.55. The summed E-state index contributed by atoms with van der Waals surface area (Å²) in [6, 6.07) is 18.4. The number of carboxylic acids is 2. The van der Waals surface area contributed by atoms with Crippen LogP contribution in [0.2, 0.25) is 0 Å². The number of Topliss-reactive ketones (excluding diaryl/α,β-unsaturated/α-hetero) is 1. The minimum Gasteiger partial charge on any atom is -0.493 e. The van der Waals surface area contributed by atoms with Gasteiger partial charge in [0.25, 0.3) is 0 Å². The molecule has 0 saturated carbocycles. The van der Waals surface area contributed by atoms with E-state index in [9.17, 15) is 18.0 Å². The lowest BCUT2D eigenvalue weighted by Gasteiger charge is -2.28. The van der Waals surface area contributed by atoms with Gasteiger partial charge in [-0.3, -0.25) is 4.79 Å². The highest BCUT2D eigenvalue weighted by Gasteiger charge is 2.34. The van der Waals surface area contributed by atoms with Gasteiger partial charge < -0.3 is 24.6 Å². The molecule has 1 heterocycles. The molecule has 3 aromatic carbocycles. The second-order valence-corrected chi connectivity index (χ2v) is 10.0. The van der Waals surface area contributed by atoms with Gasteiger partial charge in [-0.2, -0.15) is 13.2 Å². The number of nitrogens with zero attached hydrogens (tertiary/aromatic N) is 1. The van der Waals surface area contributed by atoms with E-state index in [0.29, 0.717) is 34.8 Å². The highest BCUT2D eigenvalue weighted by atomic mass is 19.4. The van der Waals surface area contributed by atoms with Crippen LogP contribution in [0.25, 0.3) is 17.2 Å². The number of aliphatic carboxylic acids is 2. The molecular weight excluding hydrogens is 579 g/mol. The first-order valence-electron chi connectivity index (χ1n) is 13.9. The number of ether oxygens (including phenoxy) is 2. The number of hydrogen-bond acceptors (Lipinski definition) is 6. The van der Waals surface area contributed by atoms with E-state index < -0.39 is 23.7 Å². The van der Waals surface area contributed by atoms with Crippen LogP contribution < -0.4 is 9.47 Å². The standard InChI is InChI=1S/C31H32F3NO3.C2H2O4/c1-22(36)25-12-13-28(29(21-25)37-2)38-19-7-16-35-17-14-23(15-18-35)20-26-10-6-11-27(31(32,33)34)30(26)24-8-4-3-5-9-24;3-1(4)2(5)6/h3-6,8-13,20-21H,7,14-19H2,1-2H3;(H,3,4)(H,5,6). The molecule has 0 aliphatic carbocycles. The molecule has 234 valence electrons. The van der Waals surface area contributed by atoms with Crippen molar-refractivity contribution in [3.63, 3.8) is 0 Å². The minimum atomic E-state index is -4.43. The molecule has 3 aromatic rings. The Morgan fingerprint density at radius 3 is 2.14 bits per heavy atom. The molecule has 0 bridgehead atoms. The Morgan fingerprint density at radius 1 is 0.909 bits per heavy atom. The van der Waals surface area contributed by atoms with E-state index in [2.05, 4.69) is 4.90 Å². The smallest absolute Gasteiger partial charge is 0.417 e. The molecule has 0 aromatic heterocycles. The van der Waals surface area contributed by atoms with Crippen molar-refractivity contribution in [1.29, 1.82) is 0 Å². The topological polar surface area (TPSA) is 113 Å². The van der Waals surface area contributed by atoms with Gasteiger partial charge in [-0.25, -0.2) is 9.59 Å². The van der Waals surface area contributed by atoms with Gasteiger partial charge in [0, 0.05) is 30.8 Å².